The van der Waals surface area contributed by atoms with Crippen molar-refractivity contribution in [1.29, 1.82) is 0 Å². The number of nitrogens with zero attached hydrogens (tertiary/aromatic N) is 2. The number of carbonyl (C=O) groups is 2. The Balaban J connectivity index is 1.39. The number of carbonyl (C=O) groups excluding carboxylic acids is 2. The molecule has 1 atom stereocenters. The number of rotatable bonds is 5. The topological polar surface area (TPSA) is 78.7 Å². The Labute approximate surface area is 190 Å². The second-order valence-corrected chi connectivity index (χ2v) is 8.60. The van der Waals surface area contributed by atoms with Gasteiger partial charge in [0.05, 0.1) is 11.6 Å². The summed E-state index contributed by atoms with van der Waals surface area (Å²) in [5.74, 6) is -0.845. The van der Waals surface area contributed by atoms with Crippen LogP contribution < -0.4 is 16.0 Å². The molecule has 2 heterocycles. The van der Waals surface area contributed by atoms with Crippen LogP contribution in [0, 0.1) is 0 Å². The Morgan fingerprint density at radius 3 is 2.39 bits per heavy atom. The summed E-state index contributed by atoms with van der Waals surface area (Å²) in [7, 11) is 0. The number of nitrogens with two attached hydrogens (primary N) is 1. The molecule has 4 rings (SSSR count). The number of halogens is 3. The highest BCUT2D eigenvalue weighted by molar-refractivity contribution is 6.04. The number of primary amides is 1. The minimum Gasteiger partial charge on any atom is -0.371 e. The molecule has 33 heavy (non-hydrogen) atoms. The smallest absolute Gasteiger partial charge is 0.371 e. The molecule has 2 saturated heterocycles. The minimum absolute atomic E-state index is 0.0503. The maximum atomic E-state index is 12.9. The molecular weight excluding hydrogens is 433 g/mol. The van der Waals surface area contributed by atoms with Gasteiger partial charge in [0, 0.05) is 36.1 Å². The molecule has 0 radical (unpaired) electrons. The van der Waals surface area contributed by atoms with E-state index in [1.54, 1.807) is 6.07 Å². The van der Waals surface area contributed by atoms with Crippen LogP contribution in [0.3, 0.4) is 0 Å². The standard InChI is InChI=1S/C24H27F3N4O2/c25-24(26,27)17-5-1-4-16(14-17)23(33)29-18-6-2-7-20(15-18)30-12-9-19(10-13-30)31-11-3-8-21(31)22(28)32/h1-2,4-7,14-15,19,21H,3,8-13H2,(H2,28,32)(H,29,33)/t21-/m0/s1. The predicted molar refractivity (Wildman–Crippen MR) is 120 cm³/mol. The van der Waals surface area contributed by atoms with Crippen molar-refractivity contribution in [2.75, 3.05) is 29.9 Å². The zero-order valence-corrected chi connectivity index (χ0v) is 18.1. The lowest BCUT2D eigenvalue weighted by Crippen LogP contribution is -2.50. The van der Waals surface area contributed by atoms with E-state index in [-0.39, 0.29) is 17.5 Å². The third-order valence-electron chi connectivity index (χ3n) is 6.48. The normalized spacial score (nSPS) is 20.1. The number of anilines is 2. The first-order chi connectivity index (χ1) is 15.7. The molecule has 0 aliphatic carbocycles. The average molecular weight is 461 g/mol. The van der Waals surface area contributed by atoms with Crippen LogP contribution in [0.2, 0.25) is 0 Å². The lowest BCUT2D eigenvalue weighted by atomic mass is 10.0. The molecule has 2 amide bonds. The maximum absolute atomic E-state index is 12.9. The van der Waals surface area contributed by atoms with Gasteiger partial charge in [-0.2, -0.15) is 13.2 Å². The summed E-state index contributed by atoms with van der Waals surface area (Å²) in [5, 5.41) is 2.70. The zero-order valence-electron chi connectivity index (χ0n) is 18.1. The van der Waals surface area contributed by atoms with Gasteiger partial charge in [0.25, 0.3) is 5.91 Å². The maximum Gasteiger partial charge on any atom is 0.416 e. The van der Waals surface area contributed by atoms with Gasteiger partial charge in [-0.25, -0.2) is 0 Å². The van der Waals surface area contributed by atoms with E-state index in [1.165, 1.54) is 12.1 Å². The molecule has 9 heteroatoms. The monoisotopic (exact) mass is 460 g/mol. The molecule has 176 valence electrons. The van der Waals surface area contributed by atoms with Crippen molar-refractivity contribution in [1.82, 2.24) is 4.90 Å². The van der Waals surface area contributed by atoms with Crippen LogP contribution in [0.4, 0.5) is 24.5 Å². The average Bonchev–Trinajstić information content (AvgIpc) is 3.29. The number of hydrogen-bond acceptors (Lipinski definition) is 4. The van der Waals surface area contributed by atoms with Gasteiger partial charge in [-0.1, -0.05) is 12.1 Å². The van der Waals surface area contributed by atoms with Crippen LogP contribution in [-0.2, 0) is 11.0 Å². The molecule has 0 spiro atoms. The second kappa shape index (κ2) is 9.43. The first-order valence-corrected chi connectivity index (χ1v) is 11.1. The van der Waals surface area contributed by atoms with E-state index in [1.807, 2.05) is 18.2 Å². The number of alkyl halides is 3. The third kappa shape index (κ3) is 5.30. The fourth-order valence-electron chi connectivity index (χ4n) is 4.81. The van der Waals surface area contributed by atoms with Crippen LogP contribution >= 0.6 is 0 Å². The summed E-state index contributed by atoms with van der Waals surface area (Å²) in [4.78, 5) is 28.7. The molecule has 2 aliphatic rings. The van der Waals surface area contributed by atoms with Gasteiger partial charge in [-0.05, 0) is 68.6 Å². The molecular formula is C24H27F3N4O2. The van der Waals surface area contributed by atoms with Crippen molar-refractivity contribution in [2.45, 2.75) is 43.9 Å². The largest absolute Gasteiger partial charge is 0.416 e. The van der Waals surface area contributed by atoms with E-state index in [2.05, 4.69) is 15.1 Å². The molecule has 6 nitrogen and oxygen atoms in total. The number of amides is 2. The summed E-state index contributed by atoms with van der Waals surface area (Å²) >= 11 is 0. The molecule has 2 aromatic carbocycles. The highest BCUT2D eigenvalue weighted by Gasteiger charge is 2.35. The first-order valence-electron chi connectivity index (χ1n) is 11.1. The summed E-state index contributed by atoms with van der Waals surface area (Å²) in [6.07, 6.45) is -0.880. The molecule has 0 aromatic heterocycles. The molecule has 2 aromatic rings. The predicted octanol–water partition coefficient (Wildman–Crippen LogP) is 3.88. The molecule has 0 bridgehead atoms. The van der Waals surface area contributed by atoms with Crippen molar-refractivity contribution in [3.8, 4) is 0 Å². The third-order valence-corrected chi connectivity index (χ3v) is 6.48. The van der Waals surface area contributed by atoms with Crippen molar-refractivity contribution in [3.63, 3.8) is 0 Å². The Morgan fingerprint density at radius 2 is 1.70 bits per heavy atom. The van der Waals surface area contributed by atoms with E-state index in [0.29, 0.717) is 11.7 Å². The highest BCUT2D eigenvalue weighted by atomic mass is 19.4. The van der Waals surface area contributed by atoms with Crippen LogP contribution in [0.25, 0.3) is 0 Å². The van der Waals surface area contributed by atoms with Crippen LogP contribution in [0.5, 0.6) is 0 Å². The number of benzene rings is 2. The van der Waals surface area contributed by atoms with E-state index >= 15 is 0 Å². The number of nitrogens with one attached hydrogen (secondary N) is 1. The Bertz CT molecular complexity index is 1020. The number of piperidine rings is 1. The Hall–Kier alpha value is -3.07. The molecule has 0 unspecified atom stereocenters. The quantitative estimate of drug-likeness (QED) is 0.710. The fraction of sp³-hybridized carbons (Fsp3) is 0.417. The number of hydrogen-bond donors (Lipinski definition) is 2. The minimum atomic E-state index is -4.51. The molecule has 2 aliphatic heterocycles. The van der Waals surface area contributed by atoms with Gasteiger partial charge in [-0.3, -0.25) is 14.5 Å². The van der Waals surface area contributed by atoms with Gasteiger partial charge >= 0.3 is 6.18 Å². The summed E-state index contributed by atoms with van der Waals surface area (Å²) in [5.41, 5.74) is 6.10. The fourth-order valence-corrected chi connectivity index (χ4v) is 4.81. The van der Waals surface area contributed by atoms with Crippen LogP contribution in [-0.4, -0.2) is 48.4 Å². The van der Waals surface area contributed by atoms with Gasteiger partial charge in [-0.15, -0.1) is 0 Å². The van der Waals surface area contributed by atoms with Gasteiger partial charge in [0.2, 0.25) is 5.91 Å². The van der Waals surface area contributed by atoms with E-state index in [9.17, 15) is 22.8 Å². The summed E-state index contributed by atoms with van der Waals surface area (Å²) in [6, 6.07) is 11.8. The highest BCUT2D eigenvalue weighted by Crippen LogP contribution is 2.31. The first kappa shape index (κ1) is 23.1. The molecule has 0 saturated carbocycles. The van der Waals surface area contributed by atoms with E-state index in [4.69, 9.17) is 5.73 Å². The SMILES string of the molecule is NC(=O)[C@@H]1CCCN1C1CCN(c2cccc(NC(=O)c3cccc(C(F)(F)F)c3)c2)CC1. The van der Waals surface area contributed by atoms with Crippen molar-refractivity contribution >= 4 is 23.2 Å². The van der Waals surface area contributed by atoms with E-state index < -0.39 is 17.6 Å². The van der Waals surface area contributed by atoms with Gasteiger partial charge < -0.3 is 16.0 Å². The summed E-state index contributed by atoms with van der Waals surface area (Å²) < 4.78 is 38.8. The lowest BCUT2D eigenvalue weighted by Gasteiger charge is -2.39. The summed E-state index contributed by atoms with van der Waals surface area (Å²) in [6.45, 7) is 2.50. The number of likely N-dealkylation sites (tertiary alicyclic amines) is 1. The van der Waals surface area contributed by atoms with Crippen molar-refractivity contribution < 1.29 is 22.8 Å². The second-order valence-electron chi connectivity index (χ2n) is 8.60. The van der Waals surface area contributed by atoms with Gasteiger partial charge in [0.15, 0.2) is 0 Å². The van der Waals surface area contributed by atoms with Crippen LogP contribution in [0.15, 0.2) is 48.5 Å². The Kier molecular flexibility index (Phi) is 6.60. The molecule has 3 N–H and O–H groups in total. The zero-order chi connectivity index (χ0) is 23.6. The van der Waals surface area contributed by atoms with Crippen molar-refractivity contribution in [2.24, 2.45) is 5.73 Å². The van der Waals surface area contributed by atoms with Crippen molar-refractivity contribution in [3.05, 3.63) is 59.7 Å². The van der Waals surface area contributed by atoms with Crippen LogP contribution in [0.1, 0.15) is 41.6 Å². The molecule has 2 fully saturated rings. The van der Waals surface area contributed by atoms with Gasteiger partial charge in [0.1, 0.15) is 0 Å². The Morgan fingerprint density at radius 1 is 0.970 bits per heavy atom. The lowest BCUT2D eigenvalue weighted by molar-refractivity contribution is -0.137. The van der Waals surface area contributed by atoms with E-state index in [0.717, 1.165) is 63.1 Å².